The van der Waals surface area contributed by atoms with Gasteiger partial charge in [-0.15, -0.1) is 10.2 Å². The molecule has 3 heterocycles. The van der Waals surface area contributed by atoms with Crippen molar-refractivity contribution in [2.75, 3.05) is 41.2 Å². The summed E-state index contributed by atoms with van der Waals surface area (Å²) in [5.74, 6) is 0.669. The fourth-order valence-corrected chi connectivity index (χ4v) is 3.96. The molecule has 2 aliphatic heterocycles. The lowest BCUT2D eigenvalue weighted by atomic mass is 10.2. The summed E-state index contributed by atoms with van der Waals surface area (Å²) >= 11 is 0. The van der Waals surface area contributed by atoms with Crippen molar-refractivity contribution < 1.29 is 17.9 Å². The third-order valence-corrected chi connectivity index (χ3v) is 5.59. The number of fused-ring (bicyclic) bond motifs is 1. The number of rotatable bonds is 4. The van der Waals surface area contributed by atoms with Crippen LogP contribution in [0.2, 0.25) is 0 Å². The molecule has 0 radical (unpaired) electrons. The Morgan fingerprint density at radius 2 is 1.92 bits per heavy atom. The lowest BCUT2D eigenvalue weighted by molar-refractivity contribution is -0.115. The van der Waals surface area contributed by atoms with Crippen molar-refractivity contribution in [3.8, 4) is 0 Å². The highest BCUT2D eigenvalue weighted by molar-refractivity contribution is 7.92. The van der Waals surface area contributed by atoms with Crippen LogP contribution in [0.1, 0.15) is 5.56 Å². The van der Waals surface area contributed by atoms with Gasteiger partial charge in [-0.25, -0.2) is 8.42 Å². The lowest BCUT2D eigenvalue weighted by Gasteiger charge is -2.27. The molecule has 0 unspecified atom stereocenters. The molecule has 2 aromatic rings. The molecule has 0 saturated carbocycles. The second-order valence-electron chi connectivity index (χ2n) is 6.03. The van der Waals surface area contributed by atoms with E-state index in [1.165, 1.54) is 12.1 Å². The summed E-state index contributed by atoms with van der Waals surface area (Å²) in [6.45, 7) is 2.71. The van der Waals surface area contributed by atoms with Gasteiger partial charge in [0.1, 0.15) is 0 Å². The van der Waals surface area contributed by atoms with Crippen LogP contribution in [0.3, 0.4) is 0 Å². The topological polar surface area (TPSA) is 114 Å². The van der Waals surface area contributed by atoms with E-state index < -0.39 is 10.0 Å². The fraction of sp³-hybridized carbons (Fsp3) is 0.312. The quantitative estimate of drug-likeness (QED) is 0.805. The van der Waals surface area contributed by atoms with Crippen molar-refractivity contribution in [1.82, 2.24) is 10.2 Å². The van der Waals surface area contributed by atoms with E-state index >= 15 is 0 Å². The van der Waals surface area contributed by atoms with Gasteiger partial charge in [-0.3, -0.25) is 9.52 Å². The Balaban J connectivity index is 1.51. The van der Waals surface area contributed by atoms with Crippen LogP contribution < -0.4 is 14.9 Å². The van der Waals surface area contributed by atoms with Crippen molar-refractivity contribution in [2.24, 2.45) is 0 Å². The zero-order valence-electron chi connectivity index (χ0n) is 13.8. The molecule has 9 nitrogen and oxygen atoms in total. The maximum Gasteiger partial charge on any atom is 0.263 e. The standard InChI is InChI=1S/C16H17N5O4S/c22-16-10-11-9-12(1-2-13(11)17-16)26(23,24)20-14-3-4-15(19-18-14)21-5-7-25-8-6-21/h1-4,9H,5-8,10H2,(H,17,22)(H,18,20). The molecule has 10 heteroatoms. The van der Waals surface area contributed by atoms with E-state index in [0.717, 1.165) is 13.1 Å². The van der Waals surface area contributed by atoms with Crippen LogP contribution in [-0.4, -0.2) is 50.8 Å². The predicted molar refractivity (Wildman–Crippen MR) is 94.6 cm³/mol. The molecule has 0 aliphatic carbocycles. The van der Waals surface area contributed by atoms with Gasteiger partial charge in [0.2, 0.25) is 5.91 Å². The number of ether oxygens (including phenoxy) is 1. The van der Waals surface area contributed by atoms with E-state index in [2.05, 4.69) is 20.2 Å². The summed E-state index contributed by atoms with van der Waals surface area (Å²) in [6, 6.07) is 7.82. The van der Waals surface area contributed by atoms with Gasteiger partial charge in [-0.1, -0.05) is 0 Å². The van der Waals surface area contributed by atoms with Gasteiger partial charge in [-0.2, -0.15) is 0 Å². The molecular formula is C16H17N5O4S. The van der Waals surface area contributed by atoms with Gasteiger partial charge < -0.3 is 15.0 Å². The number of anilines is 3. The summed E-state index contributed by atoms with van der Waals surface area (Å²) in [7, 11) is -3.82. The first-order chi connectivity index (χ1) is 12.5. The minimum absolute atomic E-state index is 0.0757. The smallest absolute Gasteiger partial charge is 0.263 e. The number of amides is 1. The van der Waals surface area contributed by atoms with E-state index in [0.29, 0.717) is 30.3 Å². The third-order valence-electron chi connectivity index (χ3n) is 4.24. The number of carbonyl (C=O) groups is 1. The number of morpholine rings is 1. The van der Waals surface area contributed by atoms with Crippen molar-refractivity contribution in [1.29, 1.82) is 0 Å². The van der Waals surface area contributed by atoms with Crippen molar-refractivity contribution >= 4 is 33.3 Å². The maximum absolute atomic E-state index is 12.6. The fourth-order valence-electron chi connectivity index (χ4n) is 2.91. The van der Waals surface area contributed by atoms with Crippen molar-refractivity contribution in [3.05, 3.63) is 35.9 Å². The van der Waals surface area contributed by atoms with Crippen LogP contribution in [0, 0.1) is 0 Å². The SMILES string of the molecule is O=C1Cc2cc(S(=O)(=O)Nc3ccc(N4CCOCC4)nn3)ccc2N1. The van der Waals surface area contributed by atoms with Gasteiger partial charge in [0.25, 0.3) is 10.0 Å². The van der Waals surface area contributed by atoms with E-state index in [-0.39, 0.29) is 23.0 Å². The monoisotopic (exact) mass is 375 g/mol. The predicted octanol–water partition coefficient (Wildman–Crippen LogP) is 0.609. The van der Waals surface area contributed by atoms with E-state index in [9.17, 15) is 13.2 Å². The first-order valence-electron chi connectivity index (χ1n) is 8.13. The molecule has 2 N–H and O–H groups in total. The van der Waals surface area contributed by atoms with Crippen LogP contribution in [-0.2, 0) is 26.0 Å². The minimum Gasteiger partial charge on any atom is -0.378 e. The molecule has 0 bridgehead atoms. The number of sulfonamides is 1. The summed E-state index contributed by atoms with van der Waals surface area (Å²) < 4.78 is 32.8. The van der Waals surface area contributed by atoms with E-state index in [1.54, 1.807) is 18.2 Å². The van der Waals surface area contributed by atoms with E-state index in [1.807, 2.05) is 4.90 Å². The Hall–Kier alpha value is -2.72. The van der Waals surface area contributed by atoms with Gasteiger partial charge in [0.15, 0.2) is 11.6 Å². The zero-order valence-corrected chi connectivity index (χ0v) is 14.6. The van der Waals surface area contributed by atoms with Gasteiger partial charge in [0.05, 0.1) is 24.5 Å². The number of benzene rings is 1. The zero-order chi connectivity index (χ0) is 18.1. The third kappa shape index (κ3) is 3.33. The summed E-state index contributed by atoms with van der Waals surface area (Å²) in [5, 5.41) is 10.7. The Morgan fingerprint density at radius 1 is 1.12 bits per heavy atom. The minimum atomic E-state index is -3.82. The molecule has 0 spiro atoms. The average molecular weight is 375 g/mol. The molecule has 4 rings (SSSR count). The number of hydrogen-bond acceptors (Lipinski definition) is 7. The van der Waals surface area contributed by atoms with Crippen molar-refractivity contribution in [3.63, 3.8) is 0 Å². The molecule has 2 aliphatic rings. The maximum atomic E-state index is 12.6. The number of nitrogens with one attached hydrogen (secondary N) is 2. The molecule has 1 amide bonds. The summed E-state index contributed by atoms with van der Waals surface area (Å²) in [5.41, 5.74) is 1.30. The first kappa shape index (κ1) is 16.7. The highest BCUT2D eigenvalue weighted by Crippen LogP contribution is 2.26. The summed E-state index contributed by atoms with van der Waals surface area (Å²) in [6.07, 6.45) is 0.173. The number of hydrogen-bond donors (Lipinski definition) is 2. The molecule has 1 aromatic heterocycles. The van der Waals surface area contributed by atoms with Gasteiger partial charge in [-0.05, 0) is 35.9 Å². The Kier molecular flexibility index (Phi) is 4.21. The van der Waals surface area contributed by atoms with Crippen LogP contribution >= 0.6 is 0 Å². The van der Waals surface area contributed by atoms with Crippen LogP contribution in [0.25, 0.3) is 0 Å². The molecule has 136 valence electrons. The molecule has 0 atom stereocenters. The Labute approximate surface area is 150 Å². The van der Waals surface area contributed by atoms with E-state index in [4.69, 9.17) is 4.74 Å². The Morgan fingerprint density at radius 3 is 2.65 bits per heavy atom. The number of aromatic nitrogens is 2. The molecule has 1 aromatic carbocycles. The Bertz CT molecular complexity index is 940. The number of nitrogens with zero attached hydrogens (tertiary/aromatic N) is 3. The van der Waals surface area contributed by atoms with Crippen molar-refractivity contribution in [2.45, 2.75) is 11.3 Å². The summed E-state index contributed by atoms with van der Waals surface area (Å²) in [4.78, 5) is 13.5. The van der Waals surface area contributed by atoms with Crippen LogP contribution in [0.15, 0.2) is 35.2 Å². The molecule has 26 heavy (non-hydrogen) atoms. The van der Waals surface area contributed by atoms with Gasteiger partial charge in [0, 0.05) is 18.8 Å². The molecule has 1 saturated heterocycles. The normalized spacial score (nSPS) is 16.9. The highest BCUT2D eigenvalue weighted by atomic mass is 32.2. The lowest BCUT2D eigenvalue weighted by Crippen LogP contribution is -2.36. The first-order valence-corrected chi connectivity index (χ1v) is 9.62. The number of carbonyl (C=O) groups excluding carboxylic acids is 1. The van der Waals surface area contributed by atoms with Crippen LogP contribution in [0.4, 0.5) is 17.3 Å². The molecular weight excluding hydrogens is 358 g/mol. The van der Waals surface area contributed by atoms with Crippen LogP contribution in [0.5, 0.6) is 0 Å². The average Bonchev–Trinajstić information content (AvgIpc) is 3.02. The molecule has 1 fully saturated rings. The second kappa shape index (κ2) is 6.54. The second-order valence-corrected chi connectivity index (χ2v) is 7.71. The highest BCUT2D eigenvalue weighted by Gasteiger charge is 2.22. The largest absolute Gasteiger partial charge is 0.378 e. The van der Waals surface area contributed by atoms with Gasteiger partial charge >= 0.3 is 0 Å².